The second-order valence-electron chi connectivity index (χ2n) is 7.66. The minimum atomic E-state index is -4.74. The Morgan fingerprint density at radius 2 is 1.83 bits per heavy atom. The van der Waals surface area contributed by atoms with Gasteiger partial charge in [0, 0.05) is 42.6 Å². The lowest BCUT2D eigenvalue weighted by atomic mass is 9.87. The van der Waals surface area contributed by atoms with Gasteiger partial charge in [-0.1, -0.05) is 0 Å². The zero-order valence-electron chi connectivity index (χ0n) is 16.6. The Balaban J connectivity index is 1.30. The molecule has 10 heteroatoms. The molecule has 1 N–H and O–H groups in total. The van der Waals surface area contributed by atoms with Crippen molar-refractivity contribution in [2.75, 3.05) is 29.9 Å². The first-order chi connectivity index (χ1) is 14.2. The molecule has 0 radical (unpaired) electrons. The third kappa shape index (κ3) is 4.64. The number of carbonyl (C=O) groups is 1. The van der Waals surface area contributed by atoms with Crippen LogP contribution in [0, 0.1) is 13.8 Å². The van der Waals surface area contributed by atoms with Crippen LogP contribution in [0.15, 0.2) is 30.3 Å². The van der Waals surface area contributed by atoms with Crippen LogP contribution in [-0.4, -0.2) is 58.9 Å². The summed E-state index contributed by atoms with van der Waals surface area (Å²) in [5, 5.41) is 2.73. The van der Waals surface area contributed by atoms with Gasteiger partial charge in [-0.15, -0.1) is 13.2 Å². The molecular formula is C20H22F3N5O2. The second kappa shape index (κ2) is 7.75. The molecule has 5 rings (SSSR count). The van der Waals surface area contributed by atoms with Gasteiger partial charge in [-0.25, -0.2) is 9.97 Å². The van der Waals surface area contributed by atoms with Gasteiger partial charge >= 0.3 is 6.36 Å². The van der Waals surface area contributed by atoms with Gasteiger partial charge in [0.15, 0.2) is 0 Å². The number of nitrogens with zero attached hydrogens (tertiary/aromatic N) is 4. The fourth-order valence-electron chi connectivity index (χ4n) is 4.10. The molecule has 2 atom stereocenters. The van der Waals surface area contributed by atoms with E-state index in [2.05, 4.69) is 29.8 Å². The Morgan fingerprint density at radius 1 is 1.17 bits per heavy atom. The smallest absolute Gasteiger partial charge is 0.406 e. The molecule has 3 saturated heterocycles. The third-order valence-corrected chi connectivity index (χ3v) is 5.32. The summed E-state index contributed by atoms with van der Waals surface area (Å²) in [6.07, 6.45) is -3.70. The summed E-state index contributed by atoms with van der Waals surface area (Å²) in [7, 11) is 0. The maximum absolute atomic E-state index is 12.4. The molecule has 0 saturated carbocycles. The molecule has 4 heterocycles. The van der Waals surface area contributed by atoms with Crippen LogP contribution in [0.4, 0.5) is 24.7 Å². The number of alkyl halides is 3. The lowest BCUT2D eigenvalue weighted by molar-refractivity contribution is -0.274. The zero-order chi connectivity index (χ0) is 21.5. The average Bonchev–Trinajstić information content (AvgIpc) is 2.66. The first-order valence-corrected chi connectivity index (χ1v) is 9.65. The molecule has 0 aliphatic carbocycles. The highest BCUT2D eigenvalue weighted by atomic mass is 19.4. The molecule has 30 heavy (non-hydrogen) atoms. The van der Waals surface area contributed by atoms with Crippen LogP contribution in [0.2, 0.25) is 0 Å². The van der Waals surface area contributed by atoms with E-state index in [9.17, 15) is 18.0 Å². The van der Waals surface area contributed by atoms with E-state index in [4.69, 9.17) is 0 Å². The topological polar surface area (TPSA) is 70.6 Å². The summed E-state index contributed by atoms with van der Waals surface area (Å²) < 4.78 is 40.5. The number of hydrogen-bond acceptors (Lipinski definition) is 6. The summed E-state index contributed by atoms with van der Waals surface area (Å²) in [6, 6.07) is 7.63. The van der Waals surface area contributed by atoms with Crippen molar-refractivity contribution in [2.24, 2.45) is 0 Å². The van der Waals surface area contributed by atoms with Crippen molar-refractivity contribution < 1.29 is 22.7 Å². The quantitative estimate of drug-likeness (QED) is 0.801. The van der Waals surface area contributed by atoms with Gasteiger partial charge in [-0.05, 0) is 44.5 Å². The Bertz CT molecular complexity index is 903. The molecule has 0 spiro atoms. The van der Waals surface area contributed by atoms with Gasteiger partial charge in [-0.2, -0.15) is 0 Å². The SMILES string of the molecule is Cc1cc(N2CC3CC(C2)N3CC(=O)Nc2ccc(OC(F)(F)F)cc2)nc(C)n1. The second-order valence-corrected chi connectivity index (χ2v) is 7.66. The van der Waals surface area contributed by atoms with E-state index in [1.165, 1.54) is 24.3 Å². The maximum atomic E-state index is 12.4. The normalized spacial score (nSPS) is 21.2. The number of aromatic nitrogens is 2. The molecule has 7 nitrogen and oxygen atoms in total. The Morgan fingerprint density at radius 3 is 2.43 bits per heavy atom. The first kappa shape index (κ1) is 20.4. The summed E-state index contributed by atoms with van der Waals surface area (Å²) in [4.78, 5) is 25.6. The molecular weight excluding hydrogens is 399 g/mol. The maximum Gasteiger partial charge on any atom is 0.573 e. The van der Waals surface area contributed by atoms with E-state index in [1.807, 2.05) is 19.9 Å². The monoisotopic (exact) mass is 421 g/mol. The van der Waals surface area contributed by atoms with Crippen molar-refractivity contribution in [3.63, 3.8) is 0 Å². The highest BCUT2D eigenvalue weighted by Gasteiger charge is 2.45. The molecule has 160 valence electrons. The van der Waals surface area contributed by atoms with Crippen LogP contribution in [0.5, 0.6) is 5.75 Å². The molecule has 2 unspecified atom stereocenters. The number of piperazine rings is 1. The lowest BCUT2D eigenvalue weighted by Gasteiger charge is -2.56. The molecule has 1 amide bonds. The summed E-state index contributed by atoms with van der Waals surface area (Å²) >= 11 is 0. The number of fused-ring (bicyclic) bond motifs is 2. The first-order valence-electron chi connectivity index (χ1n) is 9.65. The van der Waals surface area contributed by atoms with Crippen LogP contribution in [0.25, 0.3) is 0 Å². The van der Waals surface area contributed by atoms with E-state index >= 15 is 0 Å². The summed E-state index contributed by atoms with van der Waals surface area (Å²) in [6.45, 7) is 5.65. The van der Waals surface area contributed by atoms with E-state index in [0.29, 0.717) is 5.69 Å². The van der Waals surface area contributed by atoms with Crippen molar-refractivity contribution in [1.29, 1.82) is 0 Å². The van der Waals surface area contributed by atoms with Crippen molar-refractivity contribution in [3.05, 3.63) is 41.9 Å². The molecule has 3 aliphatic rings. The number of benzene rings is 1. The Hall–Kier alpha value is -2.88. The number of nitrogens with one attached hydrogen (secondary N) is 1. The third-order valence-electron chi connectivity index (χ3n) is 5.32. The number of halogens is 3. The van der Waals surface area contributed by atoms with Crippen molar-refractivity contribution in [1.82, 2.24) is 14.9 Å². The summed E-state index contributed by atoms with van der Waals surface area (Å²) in [5.74, 6) is 1.14. The van der Waals surface area contributed by atoms with Crippen molar-refractivity contribution in [2.45, 2.75) is 38.7 Å². The lowest BCUT2D eigenvalue weighted by Crippen LogP contribution is -2.69. The predicted molar refractivity (Wildman–Crippen MR) is 104 cm³/mol. The number of ether oxygens (including phenoxy) is 1. The largest absolute Gasteiger partial charge is 0.573 e. The molecule has 1 aromatic carbocycles. The number of rotatable bonds is 5. The van der Waals surface area contributed by atoms with E-state index in [1.54, 1.807) is 0 Å². The van der Waals surface area contributed by atoms with E-state index < -0.39 is 6.36 Å². The number of aryl methyl sites for hydroxylation is 2. The van der Waals surface area contributed by atoms with Gasteiger partial charge in [0.2, 0.25) is 5.91 Å². The average molecular weight is 421 g/mol. The van der Waals surface area contributed by atoms with Crippen LogP contribution >= 0.6 is 0 Å². The van der Waals surface area contributed by atoms with Gasteiger partial charge < -0.3 is 15.0 Å². The molecule has 3 aliphatic heterocycles. The number of carbonyl (C=O) groups excluding carboxylic acids is 1. The molecule has 2 bridgehead atoms. The van der Waals surface area contributed by atoms with Gasteiger partial charge in [-0.3, -0.25) is 9.69 Å². The summed E-state index contributed by atoms with van der Waals surface area (Å²) in [5.41, 5.74) is 1.36. The minimum Gasteiger partial charge on any atom is -0.406 e. The van der Waals surface area contributed by atoms with E-state index in [-0.39, 0.29) is 30.3 Å². The van der Waals surface area contributed by atoms with Crippen molar-refractivity contribution >= 4 is 17.4 Å². The van der Waals surface area contributed by atoms with Crippen LogP contribution in [-0.2, 0) is 4.79 Å². The molecule has 1 aromatic heterocycles. The fraction of sp³-hybridized carbons (Fsp3) is 0.450. The van der Waals surface area contributed by atoms with Crippen molar-refractivity contribution in [3.8, 4) is 5.75 Å². The number of anilines is 2. The number of amides is 1. The number of piperidine rings is 1. The fourth-order valence-corrected chi connectivity index (χ4v) is 4.10. The zero-order valence-corrected chi connectivity index (χ0v) is 16.6. The highest BCUT2D eigenvalue weighted by Crippen LogP contribution is 2.34. The van der Waals surface area contributed by atoms with Crippen LogP contribution < -0.4 is 15.0 Å². The van der Waals surface area contributed by atoms with E-state index in [0.717, 1.165) is 36.8 Å². The predicted octanol–water partition coefficient (Wildman–Crippen LogP) is 2.89. The molecule has 2 aromatic rings. The Kier molecular flexibility index (Phi) is 5.27. The van der Waals surface area contributed by atoms with Gasteiger partial charge in [0.25, 0.3) is 0 Å². The highest BCUT2D eigenvalue weighted by molar-refractivity contribution is 5.92. The standard InChI is InChI=1S/C20H22F3N5O2/c1-12-7-18(25-13(2)24-12)27-9-15-8-16(10-27)28(15)11-19(29)26-14-3-5-17(6-4-14)30-20(21,22)23/h3-7,15-16H,8-11H2,1-2H3,(H,26,29). The van der Waals surface area contributed by atoms with Gasteiger partial charge in [0.1, 0.15) is 17.4 Å². The number of hydrogen-bond donors (Lipinski definition) is 1. The molecule has 3 fully saturated rings. The minimum absolute atomic E-state index is 0.198. The van der Waals surface area contributed by atoms with Crippen LogP contribution in [0.3, 0.4) is 0 Å². The van der Waals surface area contributed by atoms with Crippen LogP contribution in [0.1, 0.15) is 17.9 Å². The Labute approximate surface area is 171 Å². The van der Waals surface area contributed by atoms with Gasteiger partial charge in [0.05, 0.1) is 6.54 Å².